The lowest BCUT2D eigenvalue weighted by Gasteiger charge is -2.10. The number of benzene rings is 2. The van der Waals surface area contributed by atoms with Gasteiger partial charge in [-0.3, -0.25) is 0 Å². The molecule has 0 amide bonds. The Bertz CT molecular complexity index is 782. The van der Waals surface area contributed by atoms with Crippen LogP contribution < -0.4 is 10.6 Å². The lowest BCUT2D eigenvalue weighted by Crippen LogP contribution is -2.00. The molecule has 0 aliphatic carbocycles. The van der Waals surface area contributed by atoms with Gasteiger partial charge in [-0.1, -0.05) is 12.1 Å². The normalized spacial score (nSPS) is 10.5. The topological polar surface area (TPSA) is 49.8 Å². The smallest absolute Gasteiger partial charge is 0.153 e. The third-order valence-electron chi connectivity index (χ3n) is 4.22. The van der Waals surface area contributed by atoms with Gasteiger partial charge in [-0.15, -0.1) is 10.2 Å². The van der Waals surface area contributed by atoms with Crippen LogP contribution in [0.4, 0.5) is 23.0 Å². The van der Waals surface area contributed by atoms with Gasteiger partial charge in [0.2, 0.25) is 0 Å². The highest BCUT2D eigenvalue weighted by Gasteiger charge is 2.02. The summed E-state index contributed by atoms with van der Waals surface area (Å²) in [7, 11) is 0. The molecule has 3 aromatic rings. The zero-order valence-electron chi connectivity index (χ0n) is 14.5. The Morgan fingerprint density at radius 3 is 1.29 bits per heavy atom. The van der Waals surface area contributed by atoms with Crippen LogP contribution in [-0.2, 0) is 0 Å². The molecule has 122 valence electrons. The highest BCUT2D eigenvalue weighted by Crippen LogP contribution is 2.20. The molecule has 3 rings (SSSR count). The van der Waals surface area contributed by atoms with Crippen LogP contribution in [0.5, 0.6) is 0 Å². The number of hydrogen-bond donors (Lipinski definition) is 2. The Balaban J connectivity index is 1.70. The van der Waals surface area contributed by atoms with Crippen molar-refractivity contribution in [2.75, 3.05) is 10.6 Å². The largest absolute Gasteiger partial charge is 0.339 e. The second kappa shape index (κ2) is 6.71. The van der Waals surface area contributed by atoms with Crippen molar-refractivity contribution in [2.45, 2.75) is 27.7 Å². The summed E-state index contributed by atoms with van der Waals surface area (Å²) in [6, 6.07) is 16.4. The molecule has 2 aromatic carbocycles. The summed E-state index contributed by atoms with van der Waals surface area (Å²) in [4.78, 5) is 0. The second-order valence-electron chi connectivity index (χ2n) is 6.15. The molecule has 0 bridgehead atoms. The maximum atomic E-state index is 4.24. The van der Waals surface area contributed by atoms with Crippen molar-refractivity contribution in [3.63, 3.8) is 0 Å². The van der Waals surface area contributed by atoms with E-state index in [4.69, 9.17) is 0 Å². The quantitative estimate of drug-likeness (QED) is 0.694. The van der Waals surface area contributed by atoms with E-state index in [0.717, 1.165) is 23.0 Å². The van der Waals surface area contributed by atoms with E-state index in [-0.39, 0.29) is 0 Å². The van der Waals surface area contributed by atoms with Crippen molar-refractivity contribution >= 4 is 23.0 Å². The van der Waals surface area contributed by atoms with Crippen molar-refractivity contribution in [1.29, 1.82) is 0 Å². The molecule has 0 spiro atoms. The Morgan fingerprint density at radius 1 is 0.542 bits per heavy atom. The molecule has 0 saturated heterocycles. The van der Waals surface area contributed by atoms with Gasteiger partial charge in [0.25, 0.3) is 0 Å². The van der Waals surface area contributed by atoms with E-state index in [0.29, 0.717) is 0 Å². The first-order valence-corrected chi connectivity index (χ1v) is 8.03. The first kappa shape index (κ1) is 16.0. The lowest BCUT2D eigenvalue weighted by atomic mass is 10.1. The van der Waals surface area contributed by atoms with Crippen LogP contribution in [0, 0.1) is 27.7 Å². The van der Waals surface area contributed by atoms with E-state index < -0.39 is 0 Å². The first-order chi connectivity index (χ1) is 11.5. The molecule has 2 N–H and O–H groups in total. The van der Waals surface area contributed by atoms with Gasteiger partial charge in [-0.2, -0.15) is 0 Å². The van der Waals surface area contributed by atoms with Crippen molar-refractivity contribution in [1.82, 2.24) is 10.2 Å². The Labute approximate surface area is 143 Å². The van der Waals surface area contributed by atoms with Gasteiger partial charge < -0.3 is 10.6 Å². The average Bonchev–Trinajstić information content (AvgIpc) is 2.56. The van der Waals surface area contributed by atoms with Crippen LogP contribution >= 0.6 is 0 Å². The average molecular weight is 318 g/mol. The number of nitrogens with one attached hydrogen (secondary N) is 2. The predicted octanol–water partition coefficient (Wildman–Crippen LogP) is 5.20. The van der Waals surface area contributed by atoms with E-state index in [9.17, 15) is 0 Å². The van der Waals surface area contributed by atoms with Crippen molar-refractivity contribution in [3.8, 4) is 0 Å². The molecule has 1 aromatic heterocycles. The molecule has 0 fully saturated rings. The second-order valence-corrected chi connectivity index (χ2v) is 6.15. The van der Waals surface area contributed by atoms with E-state index in [1.807, 2.05) is 24.3 Å². The molecule has 0 atom stereocenters. The van der Waals surface area contributed by atoms with Gasteiger partial charge in [-0.05, 0) is 86.3 Å². The fraction of sp³-hybridized carbons (Fsp3) is 0.200. The van der Waals surface area contributed by atoms with Crippen LogP contribution in [0.25, 0.3) is 0 Å². The summed E-state index contributed by atoms with van der Waals surface area (Å²) < 4.78 is 0. The standard InChI is InChI=1S/C20H22N4/c1-13-5-7-17(11-15(13)3)21-19-9-10-20(24-23-19)22-18-8-6-14(2)16(4)12-18/h5-12H,1-4H3,(H,21,23)(H,22,24). The monoisotopic (exact) mass is 318 g/mol. The maximum absolute atomic E-state index is 4.24. The number of anilines is 4. The van der Waals surface area contributed by atoms with Gasteiger partial charge in [0.05, 0.1) is 0 Å². The molecule has 0 saturated carbocycles. The summed E-state index contributed by atoms with van der Waals surface area (Å²) in [5.74, 6) is 1.45. The predicted molar refractivity (Wildman–Crippen MR) is 100 cm³/mol. The number of nitrogens with zero attached hydrogens (tertiary/aromatic N) is 2. The molecule has 1 heterocycles. The summed E-state index contributed by atoms with van der Waals surface area (Å²) in [5, 5.41) is 15.0. The summed E-state index contributed by atoms with van der Waals surface area (Å²) in [6.45, 7) is 8.41. The third kappa shape index (κ3) is 3.71. The Morgan fingerprint density at radius 2 is 0.958 bits per heavy atom. The van der Waals surface area contributed by atoms with Crippen molar-refractivity contribution in [3.05, 3.63) is 70.8 Å². The van der Waals surface area contributed by atoms with Crippen LogP contribution in [0.15, 0.2) is 48.5 Å². The van der Waals surface area contributed by atoms with E-state index in [2.05, 4.69) is 72.8 Å². The molecule has 4 heteroatoms. The molecular formula is C20H22N4. The number of aryl methyl sites for hydroxylation is 4. The minimum atomic E-state index is 0.726. The van der Waals surface area contributed by atoms with Crippen LogP contribution in [0.1, 0.15) is 22.3 Å². The highest BCUT2D eigenvalue weighted by atomic mass is 15.2. The molecule has 0 aliphatic heterocycles. The van der Waals surface area contributed by atoms with Crippen LogP contribution in [0.2, 0.25) is 0 Å². The van der Waals surface area contributed by atoms with Gasteiger partial charge in [-0.25, -0.2) is 0 Å². The zero-order chi connectivity index (χ0) is 17.1. The summed E-state index contributed by atoms with van der Waals surface area (Å²) in [5.41, 5.74) is 7.09. The molecule has 4 nitrogen and oxygen atoms in total. The fourth-order valence-electron chi connectivity index (χ4n) is 2.40. The van der Waals surface area contributed by atoms with Gasteiger partial charge in [0.1, 0.15) is 0 Å². The van der Waals surface area contributed by atoms with Crippen molar-refractivity contribution in [2.24, 2.45) is 0 Å². The van der Waals surface area contributed by atoms with E-state index in [1.54, 1.807) is 0 Å². The van der Waals surface area contributed by atoms with Crippen LogP contribution in [-0.4, -0.2) is 10.2 Å². The van der Waals surface area contributed by atoms with Gasteiger partial charge >= 0.3 is 0 Å². The maximum Gasteiger partial charge on any atom is 0.153 e. The van der Waals surface area contributed by atoms with Gasteiger partial charge in [0.15, 0.2) is 11.6 Å². The highest BCUT2D eigenvalue weighted by molar-refractivity contribution is 5.61. The lowest BCUT2D eigenvalue weighted by molar-refractivity contribution is 1.04. The van der Waals surface area contributed by atoms with E-state index >= 15 is 0 Å². The van der Waals surface area contributed by atoms with E-state index in [1.165, 1.54) is 22.3 Å². The SMILES string of the molecule is Cc1ccc(Nc2ccc(Nc3ccc(C)c(C)c3)nn2)cc1C. The zero-order valence-corrected chi connectivity index (χ0v) is 14.5. The number of hydrogen-bond acceptors (Lipinski definition) is 4. The molecule has 0 aliphatic rings. The van der Waals surface area contributed by atoms with Crippen LogP contribution in [0.3, 0.4) is 0 Å². The minimum absolute atomic E-state index is 0.726. The minimum Gasteiger partial charge on any atom is -0.339 e. The Kier molecular flexibility index (Phi) is 4.47. The third-order valence-corrected chi connectivity index (χ3v) is 4.22. The fourth-order valence-corrected chi connectivity index (χ4v) is 2.40. The number of rotatable bonds is 4. The molecular weight excluding hydrogens is 296 g/mol. The summed E-state index contributed by atoms with van der Waals surface area (Å²) >= 11 is 0. The first-order valence-electron chi connectivity index (χ1n) is 8.03. The van der Waals surface area contributed by atoms with Gasteiger partial charge in [0, 0.05) is 11.4 Å². The molecule has 24 heavy (non-hydrogen) atoms. The van der Waals surface area contributed by atoms with Crippen molar-refractivity contribution < 1.29 is 0 Å². The molecule has 0 radical (unpaired) electrons. The Hall–Kier alpha value is -2.88. The summed E-state index contributed by atoms with van der Waals surface area (Å²) in [6.07, 6.45) is 0. The molecule has 0 unspecified atom stereocenters. The number of aromatic nitrogens is 2.